The maximum absolute atomic E-state index is 11.6. The zero-order valence-electron chi connectivity index (χ0n) is 11.6. The summed E-state index contributed by atoms with van der Waals surface area (Å²) in [5.41, 5.74) is 0.755. The van der Waals surface area contributed by atoms with Crippen molar-refractivity contribution in [2.75, 3.05) is 7.11 Å². The van der Waals surface area contributed by atoms with E-state index >= 15 is 0 Å². The molecule has 0 radical (unpaired) electrons. The molecule has 1 aliphatic rings. The Balaban J connectivity index is 1.88. The van der Waals surface area contributed by atoms with Gasteiger partial charge in [0, 0.05) is 10.5 Å². The molecule has 1 fully saturated rings. The molecule has 0 bridgehead atoms. The van der Waals surface area contributed by atoms with Gasteiger partial charge in [-0.15, -0.1) is 0 Å². The van der Waals surface area contributed by atoms with Crippen LogP contribution in [0.4, 0.5) is 0 Å². The number of methoxy groups -OCH3 is 1. The summed E-state index contributed by atoms with van der Waals surface area (Å²) in [6.07, 6.45) is 2.13. The van der Waals surface area contributed by atoms with Crippen molar-refractivity contribution in [2.24, 2.45) is 0 Å². The fourth-order valence-electron chi connectivity index (χ4n) is 2.59. The van der Waals surface area contributed by atoms with Crippen molar-refractivity contribution < 1.29 is 9.53 Å². The molecule has 0 atom stereocenters. The molecule has 0 saturated heterocycles. The molecule has 0 aliphatic heterocycles. The average Bonchev–Trinajstić information content (AvgIpc) is 2.32. The van der Waals surface area contributed by atoms with Crippen molar-refractivity contribution in [3.8, 4) is 0 Å². The van der Waals surface area contributed by atoms with E-state index in [9.17, 15) is 4.79 Å². The van der Waals surface area contributed by atoms with Gasteiger partial charge in [-0.1, -0.05) is 28.1 Å². The maximum atomic E-state index is 11.6. The molecule has 2 rings (SSSR count). The number of hydrogen-bond donors (Lipinski definition) is 1. The van der Waals surface area contributed by atoms with E-state index in [0.29, 0.717) is 12.0 Å². The first-order chi connectivity index (χ1) is 8.92. The Kier molecular flexibility index (Phi) is 4.31. The molecule has 1 aliphatic carbocycles. The van der Waals surface area contributed by atoms with Crippen LogP contribution in [0.15, 0.2) is 28.7 Å². The molecule has 0 unspecified atom stereocenters. The molecule has 104 valence electrons. The van der Waals surface area contributed by atoms with E-state index in [1.807, 2.05) is 19.9 Å². The molecule has 0 amide bonds. The summed E-state index contributed by atoms with van der Waals surface area (Å²) in [6, 6.07) is 8.83. The quantitative estimate of drug-likeness (QED) is 0.864. The summed E-state index contributed by atoms with van der Waals surface area (Å²) in [5, 5.41) is 3.37. The first-order valence-corrected chi connectivity index (χ1v) is 7.33. The SMILES string of the molecule is COC(=O)C(C)(C)NC1CC(c2cccc(Br)c2)C1. The average molecular weight is 326 g/mol. The lowest BCUT2D eigenvalue weighted by molar-refractivity contribution is -0.147. The summed E-state index contributed by atoms with van der Waals surface area (Å²) in [6.45, 7) is 3.73. The third-order valence-corrected chi connectivity index (χ3v) is 4.21. The fraction of sp³-hybridized carbons (Fsp3) is 0.533. The summed E-state index contributed by atoms with van der Waals surface area (Å²) >= 11 is 3.50. The first kappa shape index (κ1) is 14.5. The smallest absolute Gasteiger partial charge is 0.325 e. The van der Waals surface area contributed by atoms with Gasteiger partial charge in [-0.3, -0.25) is 10.1 Å². The van der Waals surface area contributed by atoms with Crippen molar-refractivity contribution in [3.63, 3.8) is 0 Å². The second-order valence-corrected chi connectivity index (χ2v) is 6.60. The Morgan fingerprint density at radius 1 is 1.42 bits per heavy atom. The van der Waals surface area contributed by atoms with Gasteiger partial charge in [0.2, 0.25) is 0 Å². The highest BCUT2D eigenvalue weighted by molar-refractivity contribution is 9.10. The summed E-state index contributed by atoms with van der Waals surface area (Å²) < 4.78 is 5.93. The number of benzene rings is 1. The molecule has 1 N–H and O–H groups in total. The Morgan fingerprint density at radius 2 is 2.11 bits per heavy atom. The van der Waals surface area contributed by atoms with Gasteiger partial charge in [0.25, 0.3) is 0 Å². The Labute approximate surface area is 122 Å². The minimum absolute atomic E-state index is 0.210. The van der Waals surface area contributed by atoms with Crippen LogP contribution in [0.2, 0.25) is 0 Å². The van der Waals surface area contributed by atoms with Gasteiger partial charge in [0.1, 0.15) is 5.54 Å². The van der Waals surface area contributed by atoms with Crippen LogP contribution in [0.3, 0.4) is 0 Å². The number of rotatable bonds is 4. The third kappa shape index (κ3) is 3.37. The Bertz CT molecular complexity index is 467. The van der Waals surface area contributed by atoms with Crippen molar-refractivity contribution in [2.45, 2.75) is 44.2 Å². The van der Waals surface area contributed by atoms with E-state index in [1.165, 1.54) is 12.7 Å². The molecule has 1 aromatic carbocycles. The Morgan fingerprint density at radius 3 is 2.68 bits per heavy atom. The molecule has 3 nitrogen and oxygen atoms in total. The lowest BCUT2D eigenvalue weighted by Gasteiger charge is -2.40. The number of carbonyl (C=O) groups excluding carboxylic acids is 1. The van der Waals surface area contributed by atoms with Gasteiger partial charge in [0.15, 0.2) is 0 Å². The zero-order valence-corrected chi connectivity index (χ0v) is 13.2. The monoisotopic (exact) mass is 325 g/mol. The van der Waals surface area contributed by atoms with E-state index < -0.39 is 5.54 Å². The molecule has 0 spiro atoms. The lowest BCUT2D eigenvalue weighted by Crippen LogP contribution is -2.55. The van der Waals surface area contributed by atoms with Crippen LogP contribution in [0.25, 0.3) is 0 Å². The van der Waals surface area contributed by atoms with Crippen LogP contribution in [0.1, 0.15) is 38.2 Å². The van der Waals surface area contributed by atoms with E-state index in [1.54, 1.807) is 0 Å². The van der Waals surface area contributed by atoms with Crippen LogP contribution in [-0.2, 0) is 9.53 Å². The number of hydrogen-bond acceptors (Lipinski definition) is 3. The number of carbonyl (C=O) groups is 1. The van der Waals surface area contributed by atoms with Crippen molar-refractivity contribution in [1.82, 2.24) is 5.32 Å². The molecular weight excluding hydrogens is 306 g/mol. The van der Waals surface area contributed by atoms with E-state index in [-0.39, 0.29) is 5.97 Å². The van der Waals surface area contributed by atoms with Gasteiger partial charge in [-0.2, -0.15) is 0 Å². The summed E-state index contributed by atoms with van der Waals surface area (Å²) in [5.74, 6) is 0.377. The van der Waals surface area contributed by atoms with Crippen molar-refractivity contribution in [3.05, 3.63) is 34.3 Å². The number of halogens is 1. The molecule has 1 saturated carbocycles. The maximum Gasteiger partial charge on any atom is 0.325 e. The van der Waals surface area contributed by atoms with Crippen LogP contribution < -0.4 is 5.32 Å². The van der Waals surface area contributed by atoms with Gasteiger partial charge < -0.3 is 4.74 Å². The molecular formula is C15H20BrNO2. The Hall–Kier alpha value is -0.870. The normalized spacial score (nSPS) is 22.7. The third-order valence-electron chi connectivity index (χ3n) is 3.72. The van der Waals surface area contributed by atoms with E-state index in [0.717, 1.165) is 17.3 Å². The molecule has 4 heteroatoms. The number of esters is 1. The second-order valence-electron chi connectivity index (χ2n) is 5.68. The molecule has 19 heavy (non-hydrogen) atoms. The van der Waals surface area contributed by atoms with Crippen molar-refractivity contribution >= 4 is 21.9 Å². The van der Waals surface area contributed by atoms with E-state index in [4.69, 9.17) is 4.74 Å². The lowest BCUT2D eigenvalue weighted by atomic mass is 9.75. The van der Waals surface area contributed by atoms with E-state index in [2.05, 4.69) is 39.4 Å². The topological polar surface area (TPSA) is 38.3 Å². The standard InChI is InChI=1S/C15H20BrNO2/c1-15(2,14(18)19-3)17-13-8-11(9-13)10-5-4-6-12(16)7-10/h4-7,11,13,17H,8-9H2,1-3H3. The first-order valence-electron chi connectivity index (χ1n) is 6.54. The largest absolute Gasteiger partial charge is 0.468 e. The predicted octanol–water partition coefficient (Wildman–Crippen LogP) is 3.24. The van der Waals surface area contributed by atoms with Crippen molar-refractivity contribution in [1.29, 1.82) is 0 Å². The second kappa shape index (κ2) is 5.63. The van der Waals surface area contributed by atoms with Crippen LogP contribution in [0.5, 0.6) is 0 Å². The zero-order chi connectivity index (χ0) is 14.0. The number of nitrogens with one attached hydrogen (secondary N) is 1. The number of ether oxygens (including phenoxy) is 1. The van der Waals surface area contributed by atoms with Crippen LogP contribution in [0, 0.1) is 0 Å². The molecule has 0 aromatic heterocycles. The fourth-order valence-corrected chi connectivity index (χ4v) is 3.01. The van der Waals surface area contributed by atoms with Gasteiger partial charge >= 0.3 is 5.97 Å². The minimum Gasteiger partial charge on any atom is -0.468 e. The van der Waals surface area contributed by atoms with Crippen LogP contribution in [-0.4, -0.2) is 24.7 Å². The molecule has 1 aromatic rings. The highest BCUT2D eigenvalue weighted by Gasteiger charge is 2.37. The van der Waals surface area contributed by atoms with Gasteiger partial charge in [0.05, 0.1) is 7.11 Å². The highest BCUT2D eigenvalue weighted by Crippen LogP contribution is 2.38. The highest BCUT2D eigenvalue weighted by atomic mass is 79.9. The summed E-state index contributed by atoms with van der Waals surface area (Å²) in [7, 11) is 1.43. The van der Waals surface area contributed by atoms with Gasteiger partial charge in [-0.25, -0.2) is 0 Å². The predicted molar refractivity (Wildman–Crippen MR) is 79.1 cm³/mol. The van der Waals surface area contributed by atoms with Crippen LogP contribution >= 0.6 is 15.9 Å². The molecule has 0 heterocycles. The van der Waals surface area contributed by atoms with Gasteiger partial charge in [-0.05, 0) is 50.3 Å². The summed E-state index contributed by atoms with van der Waals surface area (Å²) in [4.78, 5) is 11.6. The minimum atomic E-state index is -0.609.